The molecule has 27 heavy (non-hydrogen) atoms. The summed E-state index contributed by atoms with van der Waals surface area (Å²) < 4.78 is 6.33. The summed E-state index contributed by atoms with van der Waals surface area (Å²) in [6.07, 6.45) is 2.30. The van der Waals surface area contributed by atoms with Gasteiger partial charge in [-0.3, -0.25) is 14.7 Å². The summed E-state index contributed by atoms with van der Waals surface area (Å²) >= 11 is 11.9. The maximum Gasteiger partial charge on any atom is 0.411 e. The summed E-state index contributed by atoms with van der Waals surface area (Å²) in [5.74, 6) is 0. The van der Waals surface area contributed by atoms with Crippen LogP contribution in [0.25, 0.3) is 10.9 Å². The molecule has 1 amide bonds. The number of amides is 1. The first kappa shape index (κ1) is 18.9. The molecule has 0 aliphatic rings. The van der Waals surface area contributed by atoms with Crippen molar-refractivity contribution in [3.05, 3.63) is 81.3 Å². The Bertz CT molecular complexity index is 1080. The van der Waals surface area contributed by atoms with Crippen molar-refractivity contribution in [2.75, 3.05) is 11.9 Å². The Morgan fingerprint density at radius 1 is 1.22 bits per heavy atom. The zero-order valence-electron chi connectivity index (χ0n) is 14.1. The lowest BCUT2D eigenvalue weighted by Gasteiger charge is -2.09. The number of nitrogens with zero attached hydrogens (tertiary/aromatic N) is 2. The van der Waals surface area contributed by atoms with E-state index in [1.807, 2.05) is 0 Å². The van der Waals surface area contributed by atoms with Gasteiger partial charge in [-0.15, -0.1) is 0 Å². The highest BCUT2D eigenvalue weighted by Gasteiger charge is 2.09. The average Bonchev–Trinajstić information content (AvgIpc) is 2.65. The van der Waals surface area contributed by atoms with E-state index >= 15 is 0 Å². The molecule has 1 heterocycles. The second-order valence-electron chi connectivity index (χ2n) is 5.67. The molecule has 0 atom stereocenters. The fourth-order valence-corrected chi connectivity index (χ4v) is 2.79. The van der Waals surface area contributed by atoms with Gasteiger partial charge >= 0.3 is 6.09 Å². The van der Waals surface area contributed by atoms with Gasteiger partial charge in [0.2, 0.25) is 0 Å². The largest absolute Gasteiger partial charge is 0.445 e. The normalized spacial score (nSPS) is 10.6. The molecule has 0 aliphatic heterocycles. The maximum atomic E-state index is 12.8. The number of carbonyl (C=O) groups excluding carboxylic acids is 1. The fraction of sp³-hybridized carbons (Fsp3) is 0.105. The van der Waals surface area contributed by atoms with Crippen molar-refractivity contribution in [2.24, 2.45) is 0 Å². The van der Waals surface area contributed by atoms with Gasteiger partial charge in [0, 0.05) is 5.69 Å². The quantitative estimate of drug-likeness (QED) is 0.637. The molecule has 1 aromatic heterocycles. The van der Waals surface area contributed by atoms with Crippen LogP contribution in [0.1, 0.15) is 5.56 Å². The van der Waals surface area contributed by atoms with Gasteiger partial charge in [0.05, 0.1) is 33.8 Å². The third kappa shape index (κ3) is 4.48. The molecule has 3 aromatic rings. The molecule has 0 fully saturated rings. The molecule has 0 spiro atoms. The first-order valence-corrected chi connectivity index (χ1v) is 8.71. The zero-order valence-corrected chi connectivity index (χ0v) is 15.6. The number of ether oxygens (including phenoxy) is 1. The third-order valence-corrected chi connectivity index (χ3v) is 4.48. The van der Waals surface area contributed by atoms with Gasteiger partial charge in [-0.05, 0) is 35.9 Å². The first-order valence-electron chi connectivity index (χ1n) is 7.95. The van der Waals surface area contributed by atoms with E-state index in [-0.39, 0.29) is 18.7 Å². The number of benzene rings is 2. The minimum Gasteiger partial charge on any atom is -0.445 e. The highest BCUT2D eigenvalue weighted by molar-refractivity contribution is 6.42. The monoisotopic (exact) mass is 403 g/mol. The summed E-state index contributed by atoms with van der Waals surface area (Å²) in [6.45, 7) is 3.86. The van der Waals surface area contributed by atoms with Gasteiger partial charge in [-0.2, -0.15) is 0 Å². The van der Waals surface area contributed by atoms with E-state index in [9.17, 15) is 9.59 Å². The van der Waals surface area contributed by atoms with E-state index in [1.165, 1.54) is 17.0 Å². The van der Waals surface area contributed by atoms with E-state index < -0.39 is 6.09 Å². The van der Waals surface area contributed by atoms with Crippen LogP contribution < -0.4 is 10.9 Å². The molecule has 0 unspecified atom stereocenters. The molecule has 1 N–H and O–H groups in total. The topological polar surface area (TPSA) is 73.2 Å². The first-order chi connectivity index (χ1) is 13.0. The second kappa shape index (κ2) is 8.24. The summed E-state index contributed by atoms with van der Waals surface area (Å²) in [7, 11) is 0. The van der Waals surface area contributed by atoms with Crippen LogP contribution in [0, 0.1) is 0 Å². The molecule has 3 rings (SSSR count). The van der Waals surface area contributed by atoms with E-state index in [1.54, 1.807) is 36.4 Å². The Hall–Kier alpha value is -2.83. The minimum absolute atomic E-state index is 0.0947. The van der Waals surface area contributed by atoms with Crippen LogP contribution in [-0.4, -0.2) is 22.3 Å². The molecule has 0 aliphatic carbocycles. The highest BCUT2D eigenvalue weighted by Crippen LogP contribution is 2.23. The smallest absolute Gasteiger partial charge is 0.411 e. The maximum absolute atomic E-state index is 12.8. The SMILES string of the molecule is C=CCOC(=O)Nc1ccc2ncn(Cc3ccc(Cl)c(Cl)c3)c(=O)c2c1. The number of halogens is 2. The van der Waals surface area contributed by atoms with Crippen LogP contribution in [0.5, 0.6) is 0 Å². The Morgan fingerprint density at radius 3 is 2.78 bits per heavy atom. The number of aromatic nitrogens is 2. The van der Waals surface area contributed by atoms with Crippen LogP contribution >= 0.6 is 23.2 Å². The van der Waals surface area contributed by atoms with E-state index in [4.69, 9.17) is 27.9 Å². The minimum atomic E-state index is -0.630. The van der Waals surface area contributed by atoms with Crippen molar-refractivity contribution < 1.29 is 9.53 Å². The second-order valence-corrected chi connectivity index (χ2v) is 6.48. The Morgan fingerprint density at radius 2 is 2.04 bits per heavy atom. The van der Waals surface area contributed by atoms with E-state index in [0.717, 1.165) is 5.56 Å². The zero-order chi connectivity index (χ0) is 19.4. The van der Waals surface area contributed by atoms with Gasteiger partial charge < -0.3 is 4.74 Å². The number of rotatable bonds is 5. The lowest BCUT2D eigenvalue weighted by Crippen LogP contribution is -2.21. The summed E-state index contributed by atoms with van der Waals surface area (Å²) in [4.78, 5) is 28.8. The molecule has 2 aromatic carbocycles. The lowest BCUT2D eigenvalue weighted by atomic mass is 10.2. The average molecular weight is 404 g/mol. The van der Waals surface area contributed by atoms with Crippen molar-refractivity contribution in [3.63, 3.8) is 0 Å². The van der Waals surface area contributed by atoms with Crippen molar-refractivity contribution in [1.82, 2.24) is 9.55 Å². The number of fused-ring (bicyclic) bond motifs is 1. The molecule has 0 saturated carbocycles. The highest BCUT2D eigenvalue weighted by atomic mass is 35.5. The van der Waals surface area contributed by atoms with Gasteiger partial charge in [-0.1, -0.05) is 41.9 Å². The van der Waals surface area contributed by atoms with E-state index in [2.05, 4.69) is 16.9 Å². The number of hydrogen-bond acceptors (Lipinski definition) is 4. The van der Waals surface area contributed by atoms with Crippen molar-refractivity contribution in [1.29, 1.82) is 0 Å². The predicted octanol–water partition coefficient (Wildman–Crippen LogP) is 4.49. The summed E-state index contributed by atoms with van der Waals surface area (Å²) in [5, 5.41) is 3.80. The van der Waals surface area contributed by atoms with Gasteiger partial charge in [0.15, 0.2) is 0 Å². The van der Waals surface area contributed by atoms with Crippen LogP contribution in [0.2, 0.25) is 10.0 Å². The molecular formula is C19H15Cl2N3O3. The van der Waals surface area contributed by atoms with Crippen LogP contribution in [0.15, 0.2) is 60.2 Å². The third-order valence-electron chi connectivity index (χ3n) is 3.74. The molecule has 6 nitrogen and oxygen atoms in total. The molecule has 0 saturated heterocycles. The van der Waals surface area contributed by atoms with Gasteiger partial charge in [0.25, 0.3) is 5.56 Å². The number of carbonyl (C=O) groups is 1. The molecule has 0 bridgehead atoms. The summed E-state index contributed by atoms with van der Waals surface area (Å²) in [6, 6.07) is 10.0. The van der Waals surface area contributed by atoms with Gasteiger partial charge in [-0.25, -0.2) is 9.78 Å². The Kier molecular flexibility index (Phi) is 5.78. The molecule has 138 valence electrons. The number of nitrogens with one attached hydrogen (secondary N) is 1. The number of anilines is 1. The standard InChI is InChI=1S/C19H15Cl2N3O3/c1-2-7-27-19(26)23-13-4-6-17-14(9-13)18(25)24(11-22-17)10-12-3-5-15(20)16(21)8-12/h2-6,8-9,11H,1,7,10H2,(H,23,26). The molecule has 8 heteroatoms. The van der Waals surface area contributed by atoms with Gasteiger partial charge in [0.1, 0.15) is 6.61 Å². The van der Waals surface area contributed by atoms with Crippen LogP contribution in [-0.2, 0) is 11.3 Å². The fourth-order valence-electron chi connectivity index (χ4n) is 2.47. The van der Waals surface area contributed by atoms with Crippen LogP contribution in [0.4, 0.5) is 10.5 Å². The lowest BCUT2D eigenvalue weighted by molar-refractivity contribution is 0.174. The van der Waals surface area contributed by atoms with E-state index in [0.29, 0.717) is 26.6 Å². The Labute approximate surface area is 165 Å². The Balaban J connectivity index is 1.90. The molecular weight excluding hydrogens is 389 g/mol. The van der Waals surface area contributed by atoms with Crippen molar-refractivity contribution in [3.8, 4) is 0 Å². The predicted molar refractivity (Wildman–Crippen MR) is 107 cm³/mol. The number of hydrogen-bond donors (Lipinski definition) is 1. The van der Waals surface area contributed by atoms with Crippen molar-refractivity contribution >= 4 is 45.9 Å². The molecule has 0 radical (unpaired) electrons. The van der Waals surface area contributed by atoms with Crippen molar-refractivity contribution in [2.45, 2.75) is 6.54 Å². The summed E-state index contributed by atoms with van der Waals surface area (Å²) in [5.41, 5.74) is 1.53. The van der Waals surface area contributed by atoms with Crippen LogP contribution in [0.3, 0.4) is 0 Å².